The number of fused-ring (bicyclic) bond motifs is 1. The molecule has 138 valence electrons. The van der Waals surface area contributed by atoms with E-state index in [1.54, 1.807) is 6.92 Å². The minimum Gasteiger partial charge on any atom is -0.462 e. The third kappa shape index (κ3) is 4.39. The lowest BCUT2D eigenvalue weighted by Gasteiger charge is -2.23. The topological polar surface area (TPSA) is 102 Å². The van der Waals surface area contributed by atoms with Crippen LogP contribution in [-0.4, -0.2) is 39.2 Å². The summed E-state index contributed by atoms with van der Waals surface area (Å²) in [4.78, 5) is 25.6. The Labute approximate surface area is 151 Å². The molecule has 0 aromatic carbocycles. The molecule has 3 rings (SSSR count). The van der Waals surface area contributed by atoms with Crippen molar-refractivity contribution < 1.29 is 22.7 Å². The smallest absolute Gasteiger partial charge is 0.341 e. The molecule has 25 heavy (non-hydrogen) atoms. The zero-order chi connectivity index (χ0) is 18.2. The number of amides is 1. The molecule has 1 heterocycles. The van der Waals surface area contributed by atoms with E-state index in [0.29, 0.717) is 29.8 Å². The molecule has 1 saturated carbocycles. The molecule has 7 nitrogen and oxygen atoms in total. The van der Waals surface area contributed by atoms with Crippen LogP contribution >= 0.6 is 11.3 Å². The van der Waals surface area contributed by atoms with Crippen molar-refractivity contribution in [1.82, 2.24) is 4.72 Å². The van der Waals surface area contributed by atoms with Gasteiger partial charge in [-0.2, -0.15) is 0 Å². The van der Waals surface area contributed by atoms with E-state index in [4.69, 9.17) is 4.74 Å². The summed E-state index contributed by atoms with van der Waals surface area (Å²) >= 11 is 1.40. The Balaban J connectivity index is 1.90. The molecule has 0 radical (unpaired) electrons. The van der Waals surface area contributed by atoms with Crippen molar-refractivity contribution in [3.05, 3.63) is 16.0 Å². The summed E-state index contributed by atoms with van der Waals surface area (Å²) in [5.41, 5.74) is 1.18. The van der Waals surface area contributed by atoms with Crippen LogP contribution in [-0.2, 0) is 32.4 Å². The quantitative estimate of drug-likeness (QED) is 0.725. The first-order valence-electron chi connectivity index (χ1n) is 8.38. The van der Waals surface area contributed by atoms with E-state index >= 15 is 0 Å². The molecule has 0 aliphatic heterocycles. The highest BCUT2D eigenvalue weighted by atomic mass is 32.2. The third-order valence-electron chi connectivity index (χ3n) is 4.31. The molecular formula is C16H22N2O5S2. The fourth-order valence-electron chi connectivity index (χ4n) is 3.05. The zero-order valence-electron chi connectivity index (χ0n) is 14.3. The Bertz CT molecular complexity index is 796. The number of anilines is 1. The maximum Gasteiger partial charge on any atom is 0.341 e. The fraction of sp³-hybridized carbons (Fsp3) is 0.625. The van der Waals surface area contributed by atoms with E-state index in [9.17, 15) is 18.0 Å². The lowest BCUT2D eigenvalue weighted by atomic mass is 9.92. The van der Waals surface area contributed by atoms with E-state index in [0.717, 1.165) is 29.5 Å². The van der Waals surface area contributed by atoms with Gasteiger partial charge in [0, 0.05) is 16.8 Å². The van der Waals surface area contributed by atoms with E-state index in [2.05, 4.69) is 10.0 Å². The molecule has 1 fully saturated rings. The largest absolute Gasteiger partial charge is 0.462 e. The number of hydrogen-bond donors (Lipinski definition) is 2. The summed E-state index contributed by atoms with van der Waals surface area (Å²) in [6, 6.07) is -0.253. The first-order chi connectivity index (χ1) is 11.8. The van der Waals surface area contributed by atoms with Gasteiger partial charge < -0.3 is 10.1 Å². The number of esters is 1. The molecule has 2 aliphatic carbocycles. The number of carbonyl (C=O) groups is 2. The highest BCUT2D eigenvalue weighted by Gasteiger charge is 2.34. The van der Waals surface area contributed by atoms with Crippen LogP contribution in [0.3, 0.4) is 0 Å². The summed E-state index contributed by atoms with van der Waals surface area (Å²) in [5.74, 6) is -0.491. The first-order valence-corrected chi connectivity index (χ1v) is 11.1. The SMILES string of the molecule is CCOC(=O)c1c(NC(=O)C2CC2)sc2c1CC(NS(C)(=O)=O)CC2. The number of rotatable bonds is 6. The standard InChI is InChI=1S/C16H22N2O5S2/c1-3-23-16(20)13-11-8-10(18-25(2,21)22)6-7-12(11)24-15(13)17-14(19)9-4-5-9/h9-10,18H,3-8H2,1-2H3,(H,17,19). The summed E-state index contributed by atoms with van der Waals surface area (Å²) in [6.07, 6.45) is 4.64. The second-order valence-corrected chi connectivity index (χ2v) is 9.41. The van der Waals surface area contributed by atoms with E-state index in [1.165, 1.54) is 11.3 Å². The minimum absolute atomic E-state index is 0.0359. The predicted molar refractivity (Wildman–Crippen MR) is 95.4 cm³/mol. The maximum absolute atomic E-state index is 12.5. The Kier molecular flexibility index (Phi) is 5.17. The lowest BCUT2D eigenvalue weighted by molar-refractivity contribution is -0.117. The number of thiophene rings is 1. The highest BCUT2D eigenvalue weighted by molar-refractivity contribution is 7.88. The molecule has 1 aromatic heterocycles. The fourth-order valence-corrected chi connectivity index (χ4v) is 5.10. The van der Waals surface area contributed by atoms with E-state index < -0.39 is 16.0 Å². The van der Waals surface area contributed by atoms with Crippen LogP contribution in [0.1, 0.15) is 47.0 Å². The van der Waals surface area contributed by atoms with Crippen molar-refractivity contribution in [2.45, 2.75) is 45.1 Å². The maximum atomic E-state index is 12.5. The number of carbonyl (C=O) groups excluding carboxylic acids is 2. The third-order valence-corrected chi connectivity index (χ3v) is 6.27. The van der Waals surface area contributed by atoms with Gasteiger partial charge in [-0.05, 0) is 44.6 Å². The first kappa shape index (κ1) is 18.3. The summed E-state index contributed by atoms with van der Waals surface area (Å²) in [7, 11) is -3.32. The highest BCUT2D eigenvalue weighted by Crippen LogP contribution is 2.40. The minimum atomic E-state index is -3.32. The summed E-state index contributed by atoms with van der Waals surface area (Å²) in [5, 5.41) is 3.40. The van der Waals surface area contributed by atoms with Crippen molar-refractivity contribution in [3.63, 3.8) is 0 Å². The molecule has 0 spiro atoms. The Morgan fingerprint density at radius 1 is 1.28 bits per heavy atom. The van der Waals surface area contributed by atoms with Gasteiger partial charge in [0.1, 0.15) is 5.00 Å². The van der Waals surface area contributed by atoms with Gasteiger partial charge >= 0.3 is 5.97 Å². The molecular weight excluding hydrogens is 364 g/mol. The van der Waals surface area contributed by atoms with Gasteiger partial charge in [-0.15, -0.1) is 11.3 Å². The molecule has 0 saturated heterocycles. The molecule has 2 N–H and O–H groups in total. The molecule has 1 amide bonds. The monoisotopic (exact) mass is 386 g/mol. The van der Waals surface area contributed by atoms with Gasteiger partial charge in [-0.25, -0.2) is 17.9 Å². The van der Waals surface area contributed by atoms with Gasteiger partial charge in [0.25, 0.3) is 0 Å². The van der Waals surface area contributed by atoms with Crippen molar-refractivity contribution in [1.29, 1.82) is 0 Å². The second kappa shape index (κ2) is 7.05. The van der Waals surface area contributed by atoms with Crippen molar-refractivity contribution in [2.75, 3.05) is 18.2 Å². The molecule has 1 atom stereocenters. The number of sulfonamides is 1. The van der Waals surface area contributed by atoms with Gasteiger partial charge in [-0.1, -0.05) is 0 Å². The van der Waals surface area contributed by atoms with Crippen molar-refractivity contribution in [3.8, 4) is 0 Å². The van der Waals surface area contributed by atoms with E-state index in [-0.39, 0.29) is 24.5 Å². The van der Waals surface area contributed by atoms with Crippen molar-refractivity contribution >= 4 is 38.2 Å². The molecule has 0 bridgehead atoms. The average Bonchev–Trinajstić information content (AvgIpc) is 3.28. The van der Waals surface area contributed by atoms with Gasteiger partial charge in [0.2, 0.25) is 15.9 Å². The average molecular weight is 386 g/mol. The second-order valence-electron chi connectivity index (χ2n) is 6.52. The zero-order valence-corrected chi connectivity index (χ0v) is 15.9. The molecule has 9 heteroatoms. The Morgan fingerprint density at radius 2 is 2.00 bits per heavy atom. The number of hydrogen-bond acceptors (Lipinski definition) is 6. The van der Waals surface area contributed by atoms with Gasteiger partial charge in [-0.3, -0.25) is 4.79 Å². The molecule has 1 aromatic rings. The normalized spacial score (nSPS) is 20.0. The Hall–Kier alpha value is -1.45. The van der Waals surface area contributed by atoms with E-state index in [1.807, 2.05) is 0 Å². The number of ether oxygens (including phenoxy) is 1. The summed E-state index contributed by atoms with van der Waals surface area (Å²) < 4.78 is 30.8. The molecule has 1 unspecified atom stereocenters. The van der Waals surface area contributed by atoms with Crippen LogP contribution < -0.4 is 10.0 Å². The molecule has 2 aliphatic rings. The summed E-state index contributed by atoms with van der Waals surface area (Å²) in [6.45, 7) is 1.97. The van der Waals surface area contributed by atoms with Crippen LogP contribution in [0.2, 0.25) is 0 Å². The number of nitrogens with one attached hydrogen (secondary N) is 2. The van der Waals surface area contributed by atoms with Gasteiger partial charge in [0.05, 0.1) is 18.4 Å². The van der Waals surface area contributed by atoms with Crippen LogP contribution in [0.4, 0.5) is 5.00 Å². The van der Waals surface area contributed by atoms with Crippen molar-refractivity contribution in [2.24, 2.45) is 5.92 Å². The van der Waals surface area contributed by atoms with Crippen LogP contribution in [0, 0.1) is 5.92 Å². The Morgan fingerprint density at radius 3 is 2.60 bits per heavy atom. The predicted octanol–water partition coefficient (Wildman–Crippen LogP) is 1.68. The van der Waals surface area contributed by atoms with Crippen LogP contribution in [0.25, 0.3) is 0 Å². The lowest BCUT2D eigenvalue weighted by Crippen LogP contribution is -2.38. The van der Waals surface area contributed by atoms with Crippen LogP contribution in [0.15, 0.2) is 0 Å². The number of aryl methyl sites for hydroxylation is 1. The van der Waals surface area contributed by atoms with Gasteiger partial charge in [0.15, 0.2) is 0 Å². The van der Waals surface area contributed by atoms with Crippen LogP contribution in [0.5, 0.6) is 0 Å².